The smallest absolute Gasteiger partial charge is 1.00 e. The van der Waals surface area contributed by atoms with E-state index in [0.717, 1.165) is 0 Å². The summed E-state index contributed by atoms with van der Waals surface area (Å²) in [4.78, 5) is 2.55. The predicted octanol–water partition coefficient (Wildman–Crippen LogP) is -2.08. The van der Waals surface area contributed by atoms with Crippen molar-refractivity contribution in [2.45, 2.75) is 30.4 Å². The van der Waals surface area contributed by atoms with Crippen LogP contribution in [0.5, 0.6) is 0 Å². The third-order valence-electron chi connectivity index (χ3n) is 5.38. The Bertz CT molecular complexity index is 945. The Balaban J connectivity index is 0.00000113. The van der Waals surface area contributed by atoms with Crippen molar-refractivity contribution in [2.24, 2.45) is 0 Å². The van der Waals surface area contributed by atoms with E-state index in [0.29, 0.717) is 0 Å². The average molecular weight is 516 g/mol. The molecule has 1 nitrogen and oxygen atoms in total. The van der Waals surface area contributed by atoms with Crippen LogP contribution in [0.1, 0.15) is 32.8 Å². The van der Waals surface area contributed by atoms with Gasteiger partial charge in [0, 0.05) is 0 Å². The van der Waals surface area contributed by atoms with Crippen molar-refractivity contribution >= 4 is 39.3 Å². The molecule has 25 heavy (non-hydrogen) atoms. The second-order valence-electron chi connectivity index (χ2n) is 6.83. The minimum absolute atomic E-state index is 0. The quantitative estimate of drug-likeness (QED) is 0.437. The Hall–Kier alpha value is -0.0769. The van der Waals surface area contributed by atoms with Crippen LogP contribution in [0.4, 0.5) is 5.69 Å². The van der Waals surface area contributed by atoms with Gasteiger partial charge >= 0.3 is 159 Å². The number of hydrogen-bond acceptors (Lipinski definition) is 1. The average Bonchev–Trinajstić information content (AvgIpc) is 3.17. The van der Waals surface area contributed by atoms with Gasteiger partial charge in [-0.3, -0.25) is 0 Å². The first-order chi connectivity index (χ1) is 10.9. The Morgan fingerprint density at radius 2 is 1.92 bits per heavy atom. The van der Waals surface area contributed by atoms with Gasteiger partial charge in [0.1, 0.15) is 0 Å². The van der Waals surface area contributed by atoms with E-state index in [4.69, 9.17) is 0 Å². The minimum Gasteiger partial charge on any atom is -1.00 e. The summed E-state index contributed by atoms with van der Waals surface area (Å²) in [5.41, 5.74) is 5.63. The molecule has 0 saturated carbocycles. The summed E-state index contributed by atoms with van der Waals surface area (Å²) in [6, 6.07) is 2.39. The molecule has 0 amide bonds. The molecule has 0 spiro atoms. The van der Waals surface area contributed by atoms with Crippen LogP contribution in [0.2, 0.25) is 0 Å². The molecule has 0 radical (unpaired) electrons. The van der Waals surface area contributed by atoms with E-state index in [1.165, 1.54) is 38.2 Å². The molecule has 1 aromatic rings. The Kier molecular flexibility index (Phi) is 6.37. The van der Waals surface area contributed by atoms with Crippen molar-refractivity contribution in [3.8, 4) is 0 Å². The summed E-state index contributed by atoms with van der Waals surface area (Å²) >= 11 is 3.20. The molecule has 0 fully saturated rings. The summed E-state index contributed by atoms with van der Waals surface area (Å²) in [5.74, 6) is 0. The Labute approximate surface area is 182 Å². The summed E-state index contributed by atoms with van der Waals surface area (Å²) in [6.07, 6.45) is 12.6. The number of nitrogens with zero attached hydrogens (tertiary/aromatic N) is 1. The maximum absolute atomic E-state index is 3.92. The third-order valence-corrected chi connectivity index (χ3v) is 10.9. The van der Waals surface area contributed by atoms with Gasteiger partial charge in [0.25, 0.3) is 0 Å². The largest absolute Gasteiger partial charge is 1.00 e. The number of fused-ring (bicyclic) bond motifs is 2. The molecule has 0 saturated heterocycles. The van der Waals surface area contributed by atoms with Gasteiger partial charge in [0.05, 0.1) is 0 Å². The second-order valence-corrected chi connectivity index (χ2v) is 12.2. The summed E-state index contributed by atoms with van der Waals surface area (Å²) in [7, 11) is 2.28. The number of halogens is 3. The van der Waals surface area contributed by atoms with Crippen LogP contribution in [-0.4, -0.2) is 10.3 Å². The van der Waals surface area contributed by atoms with Gasteiger partial charge in [-0.25, -0.2) is 0 Å². The maximum Gasteiger partial charge on any atom is -1.00 e. The molecule has 1 atom stereocenters. The number of anilines is 1. The van der Waals surface area contributed by atoms with Gasteiger partial charge in [0.2, 0.25) is 0 Å². The first kappa shape index (κ1) is 21.2. The molecular formula is C20H20BrCl2NZr. The van der Waals surface area contributed by atoms with E-state index in [1.807, 2.05) is 0 Å². The number of hydrogen-bond donors (Lipinski definition) is 0. The van der Waals surface area contributed by atoms with E-state index < -0.39 is 23.2 Å². The fourth-order valence-electron chi connectivity index (χ4n) is 3.84. The van der Waals surface area contributed by atoms with Crippen molar-refractivity contribution in [2.75, 3.05) is 11.9 Å². The molecule has 0 aromatic heterocycles. The standard InChI is InChI=1S/C15H15BrN.C5H5.2ClH.Zr/c1-8-5-11-7-13-14(15(16)12(11)6-8)9(2)10(3)17(13)4;1-2-4-5-3-1;;;/h5-7H,1-4H3;1-3H,4H2;2*1H;/q;;;;+2/p-2. The van der Waals surface area contributed by atoms with E-state index in [1.54, 1.807) is 8.85 Å². The molecule has 2 aliphatic carbocycles. The maximum atomic E-state index is 3.92. The zero-order chi connectivity index (χ0) is 16.4. The van der Waals surface area contributed by atoms with Gasteiger partial charge in [-0.2, -0.15) is 0 Å². The first-order valence-electron chi connectivity index (χ1n) is 8.03. The van der Waals surface area contributed by atoms with Crippen molar-refractivity contribution in [1.82, 2.24) is 0 Å². The van der Waals surface area contributed by atoms with Crippen LogP contribution in [0.15, 0.2) is 37.6 Å². The van der Waals surface area contributed by atoms with Crippen molar-refractivity contribution in [3.05, 3.63) is 53.6 Å². The summed E-state index contributed by atoms with van der Waals surface area (Å²) in [5, 5.41) is 2.78. The minimum atomic E-state index is -0.721. The molecule has 1 heterocycles. The van der Waals surface area contributed by atoms with Gasteiger partial charge in [-0.05, 0) is 0 Å². The Morgan fingerprint density at radius 3 is 2.56 bits per heavy atom. The monoisotopic (exact) mass is 513 g/mol. The topological polar surface area (TPSA) is 3.24 Å². The van der Waals surface area contributed by atoms with Crippen LogP contribution < -0.4 is 40.2 Å². The van der Waals surface area contributed by atoms with Crippen molar-refractivity contribution in [3.63, 3.8) is 0 Å². The summed E-state index contributed by atoms with van der Waals surface area (Å²) in [6.45, 7) is 6.98. The SMILES string of the molecule is CC1=Cc2c(Br)c3c(cc2=C1)N(C)[C](C)([Zr+2][C]1=CC=CC1)C=3C.[Cl-].[Cl-]. The number of rotatable bonds is 2. The van der Waals surface area contributed by atoms with Crippen molar-refractivity contribution < 1.29 is 48.0 Å². The molecule has 1 aromatic carbocycles. The molecule has 0 N–H and O–H groups in total. The molecule has 3 aliphatic rings. The molecular weight excluding hydrogens is 496 g/mol. The predicted molar refractivity (Wildman–Crippen MR) is 99.2 cm³/mol. The summed E-state index contributed by atoms with van der Waals surface area (Å²) < 4.78 is 3.20. The first-order valence-corrected chi connectivity index (χ1v) is 11.3. The van der Waals surface area contributed by atoms with Crippen LogP contribution in [0, 0.1) is 0 Å². The van der Waals surface area contributed by atoms with E-state index in [-0.39, 0.29) is 28.1 Å². The fraction of sp³-hybridized carbons (Fsp3) is 0.300. The third kappa shape index (κ3) is 3.20. The van der Waals surface area contributed by atoms with E-state index >= 15 is 0 Å². The van der Waals surface area contributed by atoms with Crippen LogP contribution in [0.25, 0.3) is 17.7 Å². The van der Waals surface area contributed by atoms with Gasteiger partial charge in [0.15, 0.2) is 0 Å². The zero-order valence-electron chi connectivity index (χ0n) is 14.8. The molecule has 1 aliphatic heterocycles. The number of allylic oxidation sites excluding steroid dienone is 5. The number of benzene rings is 1. The van der Waals surface area contributed by atoms with Crippen molar-refractivity contribution in [1.29, 1.82) is 0 Å². The molecule has 0 bridgehead atoms. The van der Waals surface area contributed by atoms with E-state index in [2.05, 4.69) is 85.1 Å². The zero-order valence-corrected chi connectivity index (χ0v) is 20.3. The van der Waals surface area contributed by atoms with Crippen LogP contribution >= 0.6 is 15.9 Å². The molecule has 130 valence electrons. The van der Waals surface area contributed by atoms with Gasteiger partial charge in [-0.15, -0.1) is 0 Å². The van der Waals surface area contributed by atoms with E-state index in [9.17, 15) is 0 Å². The normalized spacial score (nSPS) is 22.3. The molecule has 4 rings (SSSR count). The fourth-order valence-corrected chi connectivity index (χ4v) is 8.68. The second kappa shape index (κ2) is 7.51. The van der Waals surface area contributed by atoms with Crippen LogP contribution in [-0.2, 0) is 23.2 Å². The van der Waals surface area contributed by atoms with Gasteiger partial charge < -0.3 is 24.8 Å². The molecule has 5 heteroatoms. The Morgan fingerprint density at radius 1 is 1.20 bits per heavy atom. The molecule has 1 unspecified atom stereocenters. The van der Waals surface area contributed by atoms with Crippen LogP contribution in [0.3, 0.4) is 0 Å². The van der Waals surface area contributed by atoms with Gasteiger partial charge in [-0.1, -0.05) is 0 Å².